The predicted molar refractivity (Wildman–Crippen MR) is 67.9 cm³/mol. The highest BCUT2D eigenvalue weighted by molar-refractivity contribution is 5.74. The largest absolute Gasteiger partial charge is 0.314 e. The van der Waals surface area contributed by atoms with E-state index in [2.05, 4.69) is 33.8 Å². The quantitative estimate of drug-likeness (QED) is 0.853. The van der Waals surface area contributed by atoms with Crippen LogP contribution in [0.5, 0.6) is 0 Å². The minimum atomic E-state index is 0.637. The highest BCUT2D eigenvalue weighted by atomic mass is 15.4. The summed E-state index contributed by atoms with van der Waals surface area (Å²) in [6.07, 6.45) is 5.07. The summed E-state index contributed by atoms with van der Waals surface area (Å²) in [4.78, 5) is 0. The number of nitrogens with one attached hydrogen (secondary N) is 1. The van der Waals surface area contributed by atoms with Crippen molar-refractivity contribution in [1.82, 2.24) is 20.3 Å². The van der Waals surface area contributed by atoms with E-state index in [0.717, 1.165) is 24.0 Å². The maximum atomic E-state index is 4.16. The van der Waals surface area contributed by atoms with E-state index < -0.39 is 0 Å². The maximum Gasteiger partial charge on any atom is 0.113 e. The molecule has 4 nitrogen and oxygen atoms in total. The first-order chi connectivity index (χ1) is 8.33. The minimum absolute atomic E-state index is 0.637. The van der Waals surface area contributed by atoms with Gasteiger partial charge in [-0.3, -0.25) is 0 Å². The summed E-state index contributed by atoms with van der Waals surface area (Å²) >= 11 is 0. The summed E-state index contributed by atoms with van der Waals surface area (Å²) in [6, 6.07) is 7.12. The molecule has 0 spiro atoms. The third kappa shape index (κ3) is 2.17. The molecule has 0 saturated carbocycles. The third-order valence-electron chi connectivity index (χ3n) is 3.57. The lowest BCUT2D eigenvalue weighted by Crippen LogP contribution is -2.35. The van der Waals surface area contributed by atoms with Gasteiger partial charge in [-0.25, -0.2) is 4.68 Å². The molecule has 17 heavy (non-hydrogen) atoms. The Hall–Kier alpha value is -1.42. The van der Waals surface area contributed by atoms with Gasteiger partial charge in [-0.2, -0.15) is 0 Å². The highest BCUT2D eigenvalue weighted by Crippen LogP contribution is 2.16. The highest BCUT2D eigenvalue weighted by Gasteiger charge is 2.13. The average molecular weight is 230 g/mol. The van der Waals surface area contributed by atoms with E-state index in [9.17, 15) is 0 Å². The SMILES string of the molecule is Cn1nnc2cc(CC3CCCCN3)ccc21. The van der Waals surface area contributed by atoms with Crippen LogP contribution in [0.15, 0.2) is 18.2 Å². The number of hydrogen-bond acceptors (Lipinski definition) is 3. The Morgan fingerprint density at radius 3 is 3.18 bits per heavy atom. The zero-order valence-corrected chi connectivity index (χ0v) is 10.2. The van der Waals surface area contributed by atoms with Gasteiger partial charge in [-0.1, -0.05) is 17.7 Å². The van der Waals surface area contributed by atoms with Gasteiger partial charge in [0.2, 0.25) is 0 Å². The second kappa shape index (κ2) is 4.45. The lowest BCUT2D eigenvalue weighted by molar-refractivity contribution is 0.399. The van der Waals surface area contributed by atoms with Crippen LogP contribution in [0.1, 0.15) is 24.8 Å². The van der Waals surface area contributed by atoms with Crippen LogP contribution in [-0.2, 0) is 13.5 Å². The number of aryl methyl sites for hydroxylation is 1. The van der Waals surface area contributed by atoms with Gasteiger partial charge in [0.1, 0.15) is 5.52 Å². The van der Waals surface area contributed by atoms with Crippen LogP contribution in [0, 0.1) is 0 Å². The summed E-state index contributed by atoms with van der Waals surface area (Å²) < 4.78 is 1.82. The summed E-state index contributed by atoms with van der Waals surface area (Å²) in [6.45, 7) is 1.16. The lowest BCUT2D eigenvalue weighted by Gasteiger charge is -2.23. The van der Waals surface area contributed by atoms with E-state index in [1.54, 1.807) is 0 Å². The minimum Gasteiger partial charge on any atom is -0.314 e. The fourth-order valence-corrected chi connectivity index (χ4v) is 2.60. The van der Waals surface area contributed by atoms with Crippen molar-refractivity contribution in [2.45, 2.75) is 31.7 Å². The Morgan fingerprint density at radius 2 is 2.35 bits per heavy atom. The maximum absolute atomic E-state index is 4.16. The van der Waals surface area contributed by atoms with Crippen LogP contribution in [0.25, 0.3) is 11.0 Å². The molecule has 90 valence electrons. The number of piperidine rings is 1. The van der Waals surface area contributed by atoms with Gasteiger partial charge in [0.05, 0.1) is 5.52 Å². The molecule has 0 aliphatic carbocycles. The predicted octanol–water partition coefficient (Wildman–Crippen LogP) is 1.65. The molecule has 1 aromatic heterocycles. The fourth-order valence-electron chi connectivity index (χ4n) is 2.60. The molecule has 0 bridgehead atoms. The number of benzene rings is 1. The first kappa shape index (κ1) is 10.7. The molecule has 1 atom stereocenters. The molecular formula is C13H18N4. The van der Waals surface area contributed by atoms with Crippen LogP contribution < -0.4 is 5.32 Å². The smallest absolute Gasteiger partial charge is 0.113 e. The van der Waals surface area contributed by atoms with E-state index in [0.29, 0.717) is 6.04 Å². The number of aromatic nitrogens is 3. The molecule has 1 N–H and O–H groups in total. The van der Waals surface area contributed by atoms with Gasteiger partial charge >= 0.3 is 0 Å². The van der Waals surface area contributed by atoms with E-state index in [1.807, 2.05) is 11.7 Å². The Kier molecular flexibility index (Phi) is 2.81. The normalized spacial score (nSPS) is 20.9. The Bertz CT molecular complexity index is 511. The van der Waals surface area contributed by atoms with Crippen molar-refractivity contribution in [3.8, 4) is 0 Å². The van der Waals surface area contributed by atoms with Crippen LogP contribution in [0.2, 0.25) is 0 Å². The first-order valence-electron chi connectivity index (χ1n) is 6.34. The van der Waals surface area contributed by atoms with Gasteiger partial charge in [0, 0.05) is 13.1 Å². The number of nitrogens with zero attached hydrogens (tertiary/aromatic N) is 3. The van der Waals surface area contributed by atoms with Crippen LogP contribution in [-0.4, -0.2) is 27.6 Å². The van der Waals surface area contributed by atoms with Crippen molar-refractivity contribution in [3.63, 3.8) is 0 Å². The Balaban J connectivity index is 1.80. The van der Waals surface area contributed by atoms with Crippen molar-refractivity contribution in [1.29, 1.82) is 0 Å². The number of hydrogen-bond donors (Lipinski definition) is 1. The van der Waals surface area contributed by atoms with E-state index >= 15 is 0 Å². The molecule has 1 saturated heterocycles. The van der Waals surface area contributed by atoms with Gasteiger partial charge < -0.3 is 5.32 Å². The summed E-state index contributed by atoms with van der Waals surface area (Å²) in [5.74, 6) is 0. The van der Waals surface area contributed by atoms with Crippen molar-refractivity contribution in [2.75, 3.05) is 6.54 Å². The van der Waals surface area contributed by atoms with Gasteiger partial charge in [-0.05, 0) is 43.5 Å². The van der Waals surface area contributed by atoms with Crippen LogP contribution in [0.3, 0.4) is 0 Å². The van der Waals surface area contributed by atoms with E-state index in [4.69, 9.17) is 0 Å². The van der Waals surface area contributed by atoms with E-state index in [1.165, 1.54) is 24.8 Å². The molecule has 1 unspecified atom stereocenters. The molecule has 1 fully saturated rings. The molecule has 4 heteroatoms. The molecule has 0 amide bonds. The molecule has 1 aliphatic rings. The molecule has 1 aromatic carbocycles. The average Bonchev–Trinajstić information content (AvgIpc) is 2.72. The second-order valence-corrected chi connectivity index (χ2v) is 4.89. The van der Waals surface area contributed by atoms with E-state index in [-0.39, 0.29) is 0 Å². The molecule has 3 rings (SSSR count). The zero-order chi connectivity index (χ0) is 11.7. The van der Waals surface area contributed by atoms with Gasteiger partial charge in [0.25, 0.3) is 0 Å². The monoisotopic (exact) mass is 230 g/mol. The number of fused-ring (bicyclic) bond motifs is 1. The summed E-state index contributed by atoms with van der Waals surface area (Å²) in [7, 11) is 1.93. The Morgan fingerprint density at radius 1 is 1.41 bits per heavy atom. The summed E-state index contributed by atoms with van der Waals surface area (Å²) in [5, 5.41) is 11.8. The van der Waals surface area contributed by atoms with Gasteiger partial charge in [-0.15, -0.1) is 5.10 Å². The van der Waals surface area contributed by atoms with Crippen molar-refractivity contribution >= 4 is 11.0 Å². The third-order valence-corrected chi connectivity index (χ3v) is 3.57. The first-order valence-corrected chi connectivity index (χ1v) is 6.34. The van der Waals surface area contributed by atoms with Crippen LogP contribution in [0.4, 0.5) is 0 Å². The van der Waals surface area contributed by atoms with Crippen molar-refractivity contribution in [2.24, 2.45) is 7.05 Å². The molecule has 1 aliphatic heterocycles. The topological polar surface area (TPSA) is 42.7 Å². The standard InChI is InChI=1S/C13H18N4/c1-17-13-6-5-10(9-12(13)15-16-17)8-11-4-2-3-7-14-11/h5-6,9,11,14H,2-4,7-8H2,1H3. The zero-order valence-electron chi connectivity index (χ0n) is 10.2. The second-order valence-electron chi connectivity index (χ2n) is 4.89. The lowest BCUT2D eigenvalue weighted by atomic mass is 9.97. The van der Waals surface area contributed by atoms with Crippen LogP contribution >= 0.6 is 0 Å². The van der Waals surface area contributed by atoms with Crippen molar-refractivity contribution in [3.05, 3.63) is 23.8 Å². The fraction of sp³-hybridized carbons (Fsp3) is 0.538. The summed E-state index contributed by atoms with van der Waals surface area (Å²) in [5.41, 5.74) is 3.46. The Labute approximate surface area is 101 Å². The number of rotatable bonds is 2. The molecule has 0 radical (unpaired) electrons. The molecule has 2 aromatic rings. The molecular weight excluding hydrogens is 212 g/mol. The van der Waals surface area contributed by atoms with Gasteiger partial charge in [0.15, 0.2) is 0 Å². The molecule has 2 heterocycles. The van der Waals surface area contributed by atoms with Crippen molar-refractivity contribution < 1.29 is 0 Å².